The molecule has 0 saturated carbocycles. The third-order valence-corrected chi connectivity index (χ3v) is 5.49. The molecule has 0 radical (unpaired) electrons. The van der Waals surface area contributed by atoms with Crippen molar-refractivity contribution < 1.29 is 19.4 Å². The van der Waals surface area contributed by atoms with Gasteiger partial charge in [0, 0.05) is 25.2 Å². The lowest BCUT2D eigenvalue weighted by Gasteiger charge is -2.13. The average Bonchev–Trinajstić information content (AvgIpc) is 3.29. The molecular weight excluding hydrogens is 569 g/mol. The molecule has 0 spiro atoms. The van der Waals surface area contributed by atoms with Gasteiger partial charge in [-0.05, 0) is 19.3 Å². The van der Waals surface area contributed by atoms with Crippen LogP contribution >= 0.6 is 69.6 Å². The van der Waals surface area contributed by atoms with Gasteiger partial charge in [-0.25, -0.2) is 0 Å². The Kier molecular flexibility index (Phi) is 9.05. The number of halogens is 6. The van der Waals surface area contributed by atoms with Gasteiger partial charge >= 0.3 is 0 Å². The van der Waals surface area contributed by atoms with E-state index >= 15 is 0 Å². The Bertz CT molecular complexity index is 1000. The number of carbonyl (C=O) groups is 2. The van der Waals surface area contributed by atoms with E-state index in [1.807, 2.05) is 0 Å². The van der Waals surface area contributed by atoms with Crippen molar-refractivity contribution in [2.24, 2.45) is 0 Å². The number of hydrogen-bond donors (Lipinski definition) is 0. The van der Waals surface area contributed by atoms with Crippen LogP contribution in [0.1, 0.15) is 40.2 Å². The van der Waals surface area contributed by atoms with Crippen LogP contribution in [0.15, 0.2) is 24.5 Å². The molecule has 2 heterocycles. The number of ketones is 2. The first-order valence-corrected chi connectivity index (χ1v) is 11.3. The summed E-state index contributed by atoms with van der Waals surface area (Å²) in [6.07, 6.45) is 3.74. The molecule has 0 saturated heterocycles. The highest BCUT2D eigenvalue weighted by Crippen LogP contribution is 2.33. The van der Waals surface area contributed by atoms with Gasteiger partial charge in [-0.1, -0.05) is 69.6 Å². The Morgan fingerprint density at radius 3 is 1.33 bits per heavy atom. The quantitative estimate of drug-likeness (QED) is 0.110. The van der Waals surface area contributed by atoms with Crippen LogP contribution in [-0.4, -0.2) is 38.1 Å². The number of aryl methyl sites for hydroxylation is 2. The van der Waals surface area contributed by atoms with Gasteiger partial charge in [0.1, 0.15) is 0 Å². The van der Waals surface area contributed by atoms with E-state index in [1.165, 1.54) is 9.13 Å². The number of unbranched alkanes of at least 4 members (excludes halogenated alkanes) is 2. The molecule has 0 bridgehead atoms. The van der Waals surface area contributed by atoms with Crippen LogP contribution in [0.3, 0.4) is 0 Å². The topological polar surface area (TPSA) is 130 Å². The Labute approximate surface area is 216 Å². The van der Waals surface area contributed by atoms with Crippen molar-refractivity contribution in [2.75, 3.05) is 0 Å². The molecule has 0 fully saturated rings. The van der Waals surface area contributed by atoms with Crippen molar-refractivity contribution in [3.8, 4) is 0 Å². The van der Waals surface area contributed by atoms with Crippen molar-refractivity contribution in [2.45, 2.75) is 39.9 Å². The molecule has 0 N–H and O–H groups in total. The normalized spacial score (nSPS) is 12.1. The highest BCUT2D eigenvalue weighted by atomic mass is 35.6. The maximum Gasteiger partial charge on any atom is 0.287 e. The Morgan fingerprint density at radius 1 is 0.727 bits per heavy atom. The number of alkyl halides is 6. The Morgan fingerprint density at radius 2 is 1.06 bits per heavy atom. The van der Waals surface area contributed by atoms with E-state index in [2.05, 4.69) is 0 Å². The standard InChI is InChI=1S/C17H14Cl6N4O6/c18-16(19,20)14(28)12-6-10(26(30)31)8-24(12)4-2-1-3-5-25-9-11(27(32)33)7-13(25)15(29)17(21,22)23/h6-9H,1-5H2. The van der Waals surface area contributed by atoms with Crippen molar-refractivity contribution >= 4 is 92.5 Å². The smallest absolute Gasteiger partial charge is 0.287 e. The number of nitrogens with zero attached hydrogens (tertiary/aromatic N) is 4. The molecule has 33 heavy (non-hydrogen) atoms. The van der Waals surface area contributed by atoms with E-state index in [-0.39, 0.29) is 35.9 Å². The fourth-order valence-corrected chi connectivity index (χ4v) is 3.55. The molecule has 16 heteroatoms. The highest BCUT2D eigenvalue weighted by molar-refractivity contribution is 6.78. The van der Waals surface area contributed by atoms with Gasteiger partial charge in [0.25, 0.3) is 19.0 Å². The lowest BCUT2D eigenvalue weighted by molar-refractivity contribution is -0.385. The molecule has 0 unspecified atom stereocenters. The fraction of sp³-hybridized carbons (Fsp3) is 0.412. The predicted molar refractivity (Wildman–Crippen MR) is 125 cm³/mol. The maximum atomic E-state index is 12.3. The van der Waals surface area contributed by atoms with Crippen molar-refractivity contribution in [1.29, 1.82) is 0 Å². The number of hydrogen-bond acceptors (Lipinski definition) is 6. The van der Waals surface area contributed by atoms with Gasteiger partial charge < -0.3 is 9.13 Å². The molecule has 0 aromatic carbocycles. The minimum atomic E-state index is -2.28. The summed E-state index contributed by atoms with van der Waals surface area (Å²) >= 11 is 33.7. The monoisotopic (exact) mass is 580 g/mol. The Balaban J connectivity index is 2.07. The predicted octanol–water partition coefficient (Wildman–Crippen LogP) is 6.08. The molecule has 0 amide bonds. The summed E-state index contributed by atoms with van der Waals surface area (Å²) in [5.74, 6) is -1.81. The van der Waals surface area contributed by atoms with Gasteiger partial charge in [-0.2, -0.15) is 0 Å². The number of carbonyl (C=O) groups excluding carboxylic acids is 2. The number of rotatable bonds is 10. The highest BCUT2D eigenvalue weighted by Gasteiger charge is 2.36. The van der Waals surface area contributed by atoms with Crippen LogP contribution in [-0.2, 0) is 13.1 Å². The van der Waals surface area contributed by atoms with Crippen LogP contribution < -0.4 is 0 Å². The summed E-state index contributed by atoms with van der Waals surface area (Å²) in [6, 6.07) is 2.05. The average molecular weight is 583 g/mol. The van der Waals surface area contributed by atoms with E-state index in [4.69, 9.17) is 69.6 Å². The number of nitro groups is 2. The first-order valence-electron chi connectivity index (χ1n) is 9.05. The maximum absolute atomic E-state index is 12.3. The number of Topliss-reactive ketones (excluding diaryl/α,β-unsaturated/α-hetero) is 2. The van der Waals surface area contributed by atoms with Crippen LogP contribution in [0.5, 0.6) is 0 Å². The van der Waals surface area contributed by atoms with Gasteiger partial charge in [-0.15, -0.1) is 0 Å². The molecule has 10 nitrogen and oxygen atoms in total. The summed E-state index contributed by atoms with van der Waals surface area (Å²) in [7, 11) is 0. The van der Waals surface area contributed by atoms with Gasteiger partial charge in [0.05, 0.1) is 33.6 Å². The minimum absolute atomic E-state index is 0.127. The van der Waals surface area contributed by atoms with Crippen LogP contribution in [0, 0.1) is 20.2 Å². The Hall–Kier alpha value is -1.56. The van der Waals surface area contributed by atoms with E-state index in [9.17, 15) is 29.8 Å². The molecule has 0 aliphatic rings. The van der Waals surface area contributed by atoms with Gasteiger partial charge in [0.15, 0.2) is 0 Å². The fourth-order valence-electron chi connectivity index (χ4n) is 2.97. The van der Waals surface area contributed by atoms with E-state index in [0.29, 0.717) is 19.3 Å². The molecule has 2 rings (SSSR count). The van der Waals surface area contributed by atoms with Gasteiger partial charge in [0.2, 0.25) is 11.6 Å². The molecule has 2 aromatic heterocycles. The van der Waals surface area contributed by atoms with Gasteiger partial charge in [-0.3, -0.25) is 29.8 Å². The van der Waals surface area contributed by atoms with Crippen LogP contribution in [0.25, 0.3) is 0 Å². The summed E-state index contributed by atoms with van der Waals surface area (Å²) in [5, 5.41) is 22.1. The summed E-state index contributed by atoms with van der Waals surface area (Å²) in [4.78, 5) is 45.3. The second-order valence-corrected chi connectivity index (χ2v) is 11.3. The summed E-state index contributed by atoms with van der Waals surface area (Å²) < 4.78 is -1.92. The molecular formula is C17H14Cl6N4O6. The summed E-state index contributed by atoms with van der Waals surface area (Å²) in [5.41, 5.74) is -0.916. The zero-order valence-corrected chi connectivity index (χ0v) is 20.9. The first-order chi connectivity index (χ1) is 15.1. The van der Waals surface area contributed by atoms with Crippen molar-refractivity contribution in [1.82, 2.24) is 9.13 Å². The van der Waals surface area contributed by atoms with Crippen LogP contribution in [0.4, 0.5) is 11.4 Å². The zero-order valence-electron chi connectivity index (χ0n) is 16.4. The third kappa shape index (κ3) is 7.21. The van der Waals surface area contributed by atoms with E-state index in [0.717, 1.165) is 24.5 Å². The second kappa shape index (κ2) is 10.8. The van der Waals surface area contributed by atoms with E-state index in [1.54, 1.807) is 0 Å². The van der Waals surface area contributed by atoms with Crippen LogP contribution in [0.2, 0.25) is 0 Å². The lowest BCUT2D eigenvalue weighted by Crippen LogP contribution is -2.22. The molecule has 0 aliphatic carbocycles. The largest absolute Gasteiger partial charge is 0.339 e. The molecule has 180 valence electrons. The zero-order chi connectivity index (χ0) is 25.1. The number of aromatic nitrogens is 2. The minimum Gasteiger partial charge on any atom is -0.339 e. The molecule has 0 aliphatic heterocycles. The van der Waals surface area contributed by atoms with Crippen molar-refractivity contribution in [3.63, 3.8) is 0 Å². The molecule has 2 aromatic rings. The molecule has 0 atom stereocenters. The lowest BCUT2D eigenvalue weighted by atomic mass is 10.2. The SMILES string of the molecule is O=C(c1cc([N+](=O)[O-])cn1CCCCCn1cc([N+](=O)[O-])cc1C(=O)C(Cl)(Cl)Cl)C(Cl)(Cl)Cl. The second-order valence-electron chi connectivity index (χ2n) is 6.78. The van der Waals surface area contributed by atoms with E-state index < -0.39 is 29.0 Å². The summed E-state index contributed by atoms with van der Waals surface area (Å²) in [6.45, 7) is 0.392. The first kappa shape index (κ1) is 27.7. The third-order valence-electron chi connectivity index (χ3n) is 4.46. The van der Waals surface area contributed by atoms with Crippen molar-refractivity contribution in [3.05, 3.63) is 56.1 Å².